The maximum Gasteiger partial charge on any atom is 0.227 e. The number of carbonyl (C=O) groups excluding carboxylic acids is 1. The summed E-state index contributed by atoms with van der Waals surface area (Å²) in [6.07, 6.45) is 2.34. The van der Waals surface area contributed by atoms with Gasteiger partial charge in [-0.1, -0.05) is 13.3 Å². The molecule has 1 aromatic rings. The first-order valence-corrected chi connectivity index (χ1v) is 6.83. The molecule has 0 aromatic heterocycles. The van der Waals surface area contributed by atoms with E-state index in [2.05, 4.69) is 5.32 Å². The van der Waals surface area contributed by atoms with Crippen LogP contribution in [0.4, 0.5) is 14.5 Å². The van der Waals surface area contributed by atoms with Crippen LogP contribution >= 0.6 is 0 Å². The van der Waals surface area contributed by atoms with Crippen LogP contribution in [0.2, 0.25) is 0 Å². The first kappa shape index (κ1) is 16.6. The quantitative estimate of drug-likeness (QED) is 0.841. The first-order chi connectivity index (χ1) is 9.31. The van der Waals surface area contributed by atoms with Gasteiger partial charge in [-0.3, -0.25) is 4.79 Å². The van der Waals surface area contributed by atoms with Crippen LogP contribution in [0.3, 0.4) is 0 Å². The summed E-state index contributed by atoms with van der Waals surface area (Å²) in [7, 11) is 0. The molecular formula is C15H22F2N2O. The summed E-state index contributed by atoms with van der Waals surface area (Å²) in [6.45, 7) is 5.15. The standard InChI is InChI=1S/C15H22F2N2O/c1-9(5-4-6-11(3)18)15(20)19-14-8-12(16)10(2)7-13(14)17/h7-9,11H,4-6,18H2,1-3H3,(H,19,20). The van der Waals surface area contributed by atoms with Crippen molar-refractivity contribution in [3.05, 3.63) is 29.3 Å². The second-order valence-corrected chi connectivity index (χ2v) is 5.38. The maximum atomic E-state index is 13.6. The Morgan fingerprint density at radius 2 is 1.90 bits per heavy atom. The second-order valence-electron chi connectivity index (χ2n) is 5.38. The van der Waals surface area contributed by atoms with Crippen LogP contribution in [0.5, 0.6) is 0 Å². The van der Waals surface area contributed by atoms with E-state index in [0.717, 1.165) is 25.0 Å². The van der Waals surface area contributed by atoms with Gasteiger partial charge in [0.15, 0.2) is 0 Å². The molecule has 0 fully saturated rings. The molecule has 5 heteroatoms. The molecule has 0 saturated carbocycles. The third-order valence-electron chi connectivity index (χ3n) is 3.25. The molecule has 3 nitrogen and oxygen atoms in total. The third-order valence-corrected chi connectivity index (χ3v) is 3.25. The molecule has 3 N–H and O–H groups in total. The summed E-state index contributed by atoms with van der Waals surface area (Å²) < 4.78 is 27.0. The molecule has 1 rings (SSSR count). The van der Waals surface area contributed by atoms with Gasteiger partial charge >= 0.3 is 0 Å². The zero-order valence-corrected chi connectivity index (χ0v) is 12.2. The molecule has 0 heterocycles. The van der Waals surface area contributed by atoms with Crippen LogP contribution in [0, 0.1) is 24.5 Å². The van der Waals surface area contributed by atoms with Crippen molar-refractivity contribution < 1.29 is 13.6 Å². The van der Waals surface area contributed by atoms with E-state index in [1.165, 1.54) is 6.92 Å². The molecule has 0 aliphatic rings. The molecule has 0 aliphatic carbocycles. The predicted molar refractivity (Wildman–Crippen MR) is 76.4 cm³/mol. The topological polar surface area (TPSA) is 55.1 Å². The Morgan fingerprint density at radius 1 is 1.25 bits per heavy atom. The van der Waals surface area contributed by atoms with Gasteiger partial charge in [0.05, 0.1) is 5.69 Å². The number of hydrogen-bond donors (Lipinski definition) is 2. The van der Waals surface area contributed by atoms with E-state index >= 15 is 0 Å². The van der Waals surface area contributed by atoms with E-state index in [0.29, 0.717) is 6.42 Å². The number of halogens is 2. The molecule has 112 valence electrons. The van der Waals surface area contributed by atoms with Crippen LogP contribution in [0.25, 0.3) is 0 Å². The number of hydrogen-bond acceptors (Lipinski definition) is 2. The molecule has 2 atom stereocenters. The summed E-state index contributed by atoms with van der Waals surface area (Å²) in [5, 5.41) is 2.43. The summed E-state index contributed by atoms with van der Waals surface area (Å²) in [4.78, 5) is 11.9. The molecule has 0 spiro atoms. The minimum Gasteiger partial charge on any atom is -0.328 e. The van der Waals surface area contributed by atoms with Crippen LogP contribution in [0.1, 0.15) is 38.7 Å². The van der Waals surface area contributed by atoms with Crippen LogP contribution in [-0.2, 0) is 4.79 Å². The van der Waals surface area contributed by atoms with Gasteiger partial charge < -0.3 is 11.1 Å². The molecule has 1 amide bonds. The number of aryl methyl sites for hydroxylation is 1. The number of nitrogens with two attached hydrogens (primary N) is 1. The molecule has 2 unspecified atom stereocenters. The van der Waals surface area contributed by atoms with E-state index in [1.807, 2.05) is 6.92 Å². The monoisotopic (exact) mass is 284 g/mol. The molecule has 0 saturated heterocycles. The van der Waals surface area contributed by atoms with Gasteiger partial charge in [0, 0.05) is 18.0 Å². The normalized spacial score (nSPS) is 13.9. The van der Waals surface area contributed by atoms with Gasteiger partial charge in [-0.2, -0.15) is 0 Å². The Hall–Kier alpha value is -1.49. The molecule has 0 bridgehead atoms. The summed E-state index contributed by atoms with van der Waals surface area (Å²) in [5.74, 6) is -1.74. The second kappa shape index (κ2) is 7.33. The number of amides is 1. The van der Waals surface area contributed by atoms with Gasteiger partial charge in [-0.05, 0) is 38.3 Å². The Labute approximate surface area is 118 Å². The van der Waals surface area contributed by atoms with Crippen molar-refractivity contribution in [2.24, 2.45) is 11.7 Å². The van der Waals surface area contributed by atoms with Gasteiger partial charge in [-0.15, -0.1) is 0 Å². The number of benzene rings is 1. The Balaban J connectivity index is 2.59. The fourth-order valence-electron chi connectivity index (χ4n) is 1.88. The SMILES string of the molecule is Cc1cc(F)c(NC(=O)C(C)CCCC(C)N)cc1F. The highest BCUT2D eigenvalue weighted by molar-refractivity contribution is 5.92. The van der Waals surface area contributed by atoms with Crippen LogP contribution in [-0.4, -0.2) is 11.9 Å². The lowest BCUT2D eigenvalue weighted by molar-refractivity contribution is -0.119. The van der Waals surface area contributed by atoms with Crippen molar-refractivity contribution in [1.29, 1.82) is 0 Å². The third kappa shape index (κ3) is 4.89. The van der Waals surface area contributed by atoms with Gasteiger partial charge in [0.25, 0.3) is 0 Å². The Bertz CT molecular complexity index is 475. The zero-order chi connectivity index (χ0) is 15.3. The number of anilines is 1. The highest BCUT2D eigenvalue weighted by atomic mass is 19.1. The molecule has 1 aromatic carbocycles. The van der Waals surface area contributed by atoms with Crippen molar-refractivity contribution in [2.75, 3.05) is 5.32 Å². The lowest BCUT2D eigenvalue weighted by Gasteiger charge is -2.14. The van der Waals surface area contributed by atoms with Crippen molar-refractivity contribution in [3.8, 4) is 0 Å². The minimum absolute atomic E-state index is 0.105. The van der Waals surface area contributed by atoms with E-state index in [4.69, 9.17) is 5.73 Å². The van der Waals surface area contributed by atoms with E-state index < -0.39 is 11.6 Å². The van der Waals surface area contributed by atoms with Gasteiger partial charge in [0.1, 0.15) is 11.6 Å². The zero-order valence-electron chi connectivity index (χ0n) is 12.2. The average Bonchev–Trinajstić information content (AvgIpc) is 2.35. The number of carbonyl (C=O) groups is 1. The highest BCUT2D eigenvalue weighted by Gasteiger charge is 2.16. The summed E-state index contributed by atoms with van der Waals surface area (Å²) in [5.41, 5.74) is 5.74. The minimum atomic E-state index is -0.625. The van der Waals surface area contributed by atoms with Crippen molar-refractivity contribution in [3.63, 3.8) is 0 Å². The van der Waals surface area contributed by atoms with E-state index in [1.54, 1.807) is 6.92 Å². The van der Waals surface area contributed by atoms with Crippen molar-refractivity contribution in [1.82, 2.24) is 0 Å². The lowest BCUT2D eigenvalue weighted by Crippen LogP contribution is -2.22. The first-order valence-electron chi connectivity index (χ1n) is 6.83. The van der Waals surface area contributed by atoms with Crippen molar-refractivity contribution in [2.45, 2.75) is 46.1 Å². The van der Waals surface area contributed by atoms with Crippen LogP contribution < -0.4 is 11.1 Å². The molecule has 20 heavy (non-hydrogen) atoms. The predicted octanol–water partition coefficient (Wildman–Crippen LogP) is 3.37. The fourth-order valence-corrected chi connectivity index (χ4v) is 1.88. The summed E-state index contributed by atoms with van der Waals surface area (Å²) >= 11 is 0. The summed E-state index contributed by atoms with van der Waals surface area (Å²) in [6, 6.07) is 2.19. The Morgan fingerprint density at radius 3 is 2.50 bits per heavy atom. The smallest absolute Gasteiger partial charge is 0.227 e. The number of nitrogens with one attached hydrogen (secondary N) is 1. The fraction of sp³-hybridized carbons (Fsp3) is 0.533. The maximum absolute atomic E-state index is 13.6. The lowest BCUT2D eigenvalue weighted by atomic mass is 10.0. The average molecular weight is 284 g/mol. The van der Waals surface area contributed by atoms with E-state index in [-0.39, 0.29) is 29.1 Å². The molecule has 0 radical (unpaired) electrons. The van der Waals surface area contributed by atoms with Crippen molar-refractivity contribution >= 4 is 11.6 Å². The molecule has 0 aliphatic heterocycles. The molecular weight excluding hydrogens is 262 g/mol. The van der Waals surface area contributed by atoms with Gasteiger partial charge in [0.2, 0.25) is 5.91 Å². The van der Waals surface area contributed by atoms with E-state index in [9.17, 15) is 13.6 Å². The largest absolute Gasteiger partial charge is 0.328 e. The number of rotatable bonds is 6. The van der Waals surface area contributed by atoms with Crippen LogP contribution in [0.15, 0.2) is 12.1 Å². The van der Waals surface area contributed by atoms with Gasteiger partial charge in [-0.25, -0.2) is 8.78 Å². The highest BCUT2D eigenvalue weighted by Crippen LogP contribution is 2.20. The Kier molecular flexibility index (Phi) is 6.07.